The first-order valence-corrected chi connectivity index (χ1v) is 9.48. The second-order valence-corrected chi connectivity index (χ2v) is 7.14. The lowest BCUT2D eigenvalue weighted by Gasteiger charge is -2.12. The first-order valence-electron chi connectivity index (χ1n) is 9.10. The lowest BCUT2D eigenvalue weighted by Crippen LogP contribution is -2.80. The molecule has 0 spiro atoms. The zero-order valence-corrected chi connectivity index (χ0v) is 16.4. The van der Waals surface area contributed by atoms with Crippen LogP contribution in [0.4, 0.5) is 0 Å². The van der Waals surface area contributed by atoms with Gasteiger partial charge < -0.3 is 20.0 Å². The van der Waals surface area contributed by atoms with Gasteiger partial charge in [-0.15, -0.1) is 0 Å². The van der Waals surface area contributed by atoms with E-state index >= 15 is 0 Å². The number of aryl methyl sites for hydroxylation is 1. The van der Waals surface area contributed by atoms with Crippen molar-refractivity contribution in [3.8, 4) is 5.75 Å². The SMILES string of the molecule is Cc1ccc(COc2ccc(Cl)cc2C[NH2+]Cc2ccc(C(=O)[O-])cc2)cc1. The van der Waals surface area contributed by atoms with E-state index in [0.717, 1.165) is 29.0 Å². The first-order chi connectivity index (χ1) is 13.5. The molecule has 28 heavy (non-hydrogen) atoms. The van der Waals surface area contributed by atoms with Gasteiger partial charge in [-0.3, -0.25) is 0 Å². The molecule has 0 aliphatic rings. The summed E-state index contributed by atoms with van der Waals surface area (Å²) in [6.07, 6.45) is 0. The summed E-state index contributed by atoms with van der Waals surface area (Å²) in [6.45, 7) is 3.98. The zero-order chi connectivity index (χ0) is 19.9. The standard InChI is InChI=1S/C23H22ClNO3/c1-16-2-4-18(5-3-16)15-28-22-11-10-21(24)12-20(22)14-25-13-17-6-8-19(9-7-17)23(26)27/h2-12,25H,13-15H2,1H3,(H,26,27). The van der Waals surface area contributed by atoms with Crippen LogP contribution in [0.3, 0.4) is 0 Å². The van der Waals surface area contributed by atoms with Crippen molar-refractivity contribution >= 4 is 17.6 Å². The van der Waals surface area contributed by atoms with Gasteiger partial charge >= 0.3 is 0 Å². The van der Waals surface area contributed by atoms with Crippen molar-refractivity contribution < 1.29 is 20.0 Å². The van der Waals surface area contributed by atoms with Crippen LogP contribution in [-0.2, 0) is 19.7 Å². The maximum Gasteiger partial charge on any atom is 0.128 e. The number of carbonyl (C=O) groups excluding carboxylic acids is 1. The van der Waals surface area contributed by atoms with Crippen LogP contribution in [0, 0.1) is 6.92 Å². The normalized spacial score (nSPS) is 10.6. The lowest BCUT2D eigenvalue weighted by atomic mass is 10.1. The molecular formula is C23H22ClNO3. The number of carboxylic acid groups (broad SMARTS) is 1. The van der Waals surface area contributed by atoms with E-state index < -0.39 is 5.97 Å². The number of aromatic carboxylic acids is 1. The number of ether oxygens (including phenoxy) is 1. The second-order valence-electron chi connectivity index (χ2n) is 6.71. The molecule has 3 rings (SSSR count). The molecular weight excluding hydrogens is 374 g/mol. The predicted molar refractivity (Wildman–Crippen MR) is 107 cm³/mol. The third kappa shape index (κ3) is 5.59. The number of rotatable bonds is 8. The molecule has 3 aromatic rings. The van der Waals surface area contributed by atoms with E-state index in [-0.39, 0.29) is 5.56 Å². The Morgan fingerprint density at radius 1 is 0.964 bits per heavy atom. The van der Waals surface area contributed by atoms with Gasteiger partial charge in [0.05, 0.1) is 5.97 Å². The van der Waals surface area contributed by atoms with E-state index in [1.54, 1.807) is 24.3 Å². The van der Waals surface area contributed by atoms with Crippen LogP contribution in [0.5, 0.6) is 5.75 Å². The van der Waals surface area contributed by atoms with Gasteiger partial charge in [0.25, 0.3) is 0 Å². The summed E-state index contributed by atoms with van der Waals surface area (Å²) >= 11 is 6.16. The number of carboxylic acids is 1. The molecule has 4 nitrogen and oxygen atoms in total. The highest BCUT2D eigenvalue weighted by Gasteiger charge is 2.08. The molecule has 0 unspecified atom stereocenters. The monoisotopic (exact) mass is 395 g/mol. The van der Waals surface area contributed by atoms with Gasteiger partial charge in [-0.05, 0) is 36.2 Å². The molecule has 0 bridgehead atoms. The van der Waals surface area contributed by atoms with Crippen LogP contribution < -0.4 is 15.2 Å². The van der Waals surface area contributed by atoms with Gasteiger partial charge in [0.2, 0.25) is 0 Å². The minimum absolute atomic E-state index is 0.186. The summed E-state index contributed by atoms with van der Waals surface area (Å²) in [6, 6.07) is 20.6. The van der Waals surface area contributed by atoms with E-state index in [1.165, 1.54) is 5.56 Å². The van der Waals surface area contributed by atoms with Crippen molar-refractivity contribution in [2.24, 2.45) is 0 Å². The Morgan fingerprint density at radius 3 is 2.32 bits per heavy atom. The number of quaternary nitrogens is 1. The van der Waals surface area contributed by atoms with E-state index in [0.29, 0.717) is 18.2 Å². The molecule has 0 fully saturated rings. The highest BCUT2D eigenvalue weighted by Crippen LogP contribution is 2.23. The molecule has 144 valence electrons. The highest BCUT2D eigenvalue weighted by molar-refractivity contribution is 6.30. The summed E-state index contributed by atoms with van der Waals surface area (Å²) in [5, 5.41) is 13.6. The van der Waals surface area contributed by atoms with Crippen molar-refractivity contribution in [1.29, 1.82) is 0 Å². The molecule has 0 aliphatic carbocycles. The molecule has 0 radical (unpaired) electrons. The Labute approximate surface area is 169 Å². The fraction of sp³-hybridized carbons (Fsp3) is 0.174. The van der Waals surface area contributed by atoms with Crippen LogP contribution in [-0.4, -0.2) is 5.97 Å². The molecule has 0 saturated heterocycles. The molecule has 0 saturated carbocycles. The number of halogens is 1. The molecule has 0 amide bonds. The van der Waals surface area contributed by atoms with Crippen LogP contribution in [0.1, 0.15) is 32.6 Å². The minimum atomic E-state index is -1.16. The van der Waals surface area contributed by atoms with Crippen LogP contribution in [0.2, 0.25) is 5.02 Å². The minimum Gasteiger partial charge on any atom is -0.545 e. The van der Waals surface area contributed by atoms with E-state index in [1.807, 2.05) is 18.2 Å². The van der Waals surface area contributed by atoms with Crippen LogP contribution in [0.15, 0.2) is 66.7 Å². The fourth-order valence-corrected chi connectivity index (χ4v) is 3.06. The van der Waals surface area contributed by atoms with E-state index in [2.05, 4.69) is 36.5 Å². The maximum atomic E-state index is 10.8. The van der Waals surface area contributed by atoms with Gasteiger partial charge in [-0.2, -0.15) is 0 Å². The quantitative estimate of drug-likeness (QED) is 0.637. The summed E-state index contributed by atoms with van der Waals surface area (Å²) < 4.78 is 6.01. The Bertz CT molecular complexity index is 937. The molecule has 2 N–H and O–H groups in total. The maximum absolute atomic E-state index is 10.8. The lowest BCUT2D eigenvalue weighted by molar-refractivity contribution is -0.686. The second kappa shape index (κ2) is 9.40. The Hall–Kier alpha value is -2.82. The zero-order valence-electron chi connectivity index (χ0n) is 15.7. The van der Waals surface area contributed by atoms with Crippen molar-refractivity contribution in [3.63, 3.8) is 0 Å². The molecule has 0 aromatic heterocycles. The first kappa shape index (κ1) is 19.9. The summed E-state index contributed by atoms with van der Waals surface area (Å²) in [4.78, 5) is 10.8. The van der Waals surface area contributed by atoms with Crippen molar-refractivity contribution in [1.82, 2.24) is 0 Å². The third-order valence-corrected chi connectivity index (χ3v) is 4.71. The molecule has 0 aliphatic heterocycles. The van der Waals surface area contributed by atoms with Crippen LogP contribution >= 0.6 is 11.6 Å². The van der Waals surface area contributed by atoms with Crippen molar-refractivity contribution in [2.45, 2.75) is 26.6 Å². The number of benzene rings is 3. The Kier molecular flexibility index (Phi) is 6.69. The number of nitrogens with two attached hydrogens (primary N) is 1. The van der Waals surface area contributed by atoms with Gasteiger partial charge in [0.15, 0.2) is 0 Å². The predicted octanol–water partition coefficient (Wildman–Crippen LogP) is 2.85. The number of carbonyl (C=O) groups is 1. The van der Waals surface area contributed by atoms with Gasteiger partial charge in [0, 0.05) is 16.1 Å². The Morgan fingerprint density at radius 2 is 1.64 bits per heavy atom. The smallest absolute Gasteiger partial charge is 0.128 e. The van der Waals surface area contributed by atoms with Gasteiger partial charge in [-0.1, -0.05) is 65.7 Å². The average molecular weight is 396 g/mol. The largest absolute Gasteiger partial charge is 0.545 e. The molecule has 0 heterocycles. The van der Waals surface area contributed by atoms with E-state index in [4.69, 9.17) is 16.3 Å². The average Bonchev–Trinajstić information content (AvgIpc) is 2.69. The van der Waals surface area contributed by atoms with Crippen molar-refractivity contribution in [3.05, 3.63) is 99.6 Å². The third-order valence-electron chi connectivity index (χ3n) is 4.47. The summed E-state index contributed by atoms with van der Waals surface area (Å²) in [5.74, 6) is -0.349. The molecule has 5 heteroatoms. The molecule has 3 aromatic carbocycles. The fourth-order valence-electron chi connectivity index (χ4n) is 2.86. The van der Waals surface area contributed by atoms with E-state index in [9.17, 15) is 9.90 Å². The number of hydrogen-bond donors (Lipinski definition) is 1. The van der Waals surface area contributed by atoms with Crippen molar-refractivity contribution in [2.75, 3.05) is 0 Å². The van der Waals surface area contributed by atoms with Gasteiger partial charge in [-0.25, -0.2) is 0 Å². The summed E-state index contributed by atoms with van der Waals surface area (Å²) in [7, 11) is 0. The van der Waals surface area contributed by atoms with Gasteiger partial charge in [0.1, 0.15) is 25.4 Å². The molecule has 0 atom stereocenters. The highest BCUT2D eigenvalue weighted by atomic mass is 35.5. The number of hydrogen-bond acceptors (Lipinski definition) is 3. The summed E-state index contributed by atoms with van der Waals surface area (Å²) in [5.41, 5.74) is 4.58. The van der Waals surface area contributed by atoms with Crippen LogP contribution in [0.25, 0.3) is 0 Å². The topological polar surface area (TPSA) is 66.0 Å². The Balaban J connectivity index is 1.60.